The summed E-state index contributed by atoms with van der Waals surface area (Å²) in [4.78, 5) is 21.2. The summed E-state index contributed by atoms with van der Waals surface area (Å²) in [5.74, 6) is 0.815. The Morgan fingerprint density at radius 1 is 1.03 bits per heavy atom. The van der Waals surface area contributed by atoms with Crippen LogP contribution >= 0.6 is 22.7 Å². The van der Waals surface area contributed by atoms with Gasteiger partial charge in [0.15, 0.2) is 5.13 Å². The van der Waals surface area contributed by atoms with Crippen molar-refractivity contribution in [2.24, 2.45) is 0 Å². The predicted octanol–water partition coefficient (Wildman–Crippen LogP) is 5.32. The van der Waals surface area contributed by atoms with Crippen LogP contribution in [0, 0.1) is 6.92 Å². The number of thiazole rings is 2. The molecule has 4 rings (SSSR count). The Balaban J connectivity index is 1.53. The van der Waals surface area contributed by atoms with Crippen LogP contribution in [0.15, 0.2) is 65.5 Å². The number of ether oxygens (including phenoxy) is 2. The van der Waals surface area contributed by atoms with E-state index in [2.05, 4.69) is 15.3 Å². The van der Waals surface area contributed by atoms with Crippen LogP contribution in [0.3, 0.4) is 0 Å². The molecule has 0 unspecified atom stereocenters. The molecule has 0 saturated carbocycles. The lowest BCUT2D eigenvalue weighted by Crippen LogP contribution is -2.12. The normalized spacial score (nSPS) is 10.6. The van der Waals surface area contributed by atoms with Crippen molar-refractivity contribution in [3.63, 3.8) is 0 Å². The molecule has 4 aromatic rings. The number of nitrogens with zero attached hydrogens (tertiary/aromatic N) is 2. The number of hydrogen-bond acceptors (Lipinski definition) is 7. The van der Waals surface area contributed by atoms with Crippen LogP contribution in [0.4, 0.5) is 5.13 Å². The molecule has 30 heavy (non-hydrogen) atoms. The van der Waals surface area contributed by atoms with Gasteiger partial charge < -0.3 is 9.47 Å². The van der Waals surface area contributed by atoms with Crippen LogP contribution in [0.2, 0.25) is 0 Å². The Labute approximate surface area is 182 Å². The van der Waals surface area contributed by atoms with Crippen molar-refractivity contribution in [2.45, 2.75) is 20.1 Å². The summed E-state index contributed by atoms with van der Waals surface area (Å²) in [6, 6.07) is 15.0. The Hall–Kier alpha value is -3.23. The van der Waals surface area contributed by atoms with Crippen LogP contribution in [0.5, 0.6) is 11.5 Å². The molecule has 0 saturated heterocycles. The van der Waals surface area contributed by atoms with E-state index < -0.39 is 0 Å². The average molecular weight is 438 g/mol. The number of rotatable bonds is 8. The van der Waals surface area contributed by atoms with E-state index in [1.165, 1.54) is 11.3 Å². The number of carbonyl (C=O) groups excluding carboxylic acids is 1. The third-order valence-electron chi connectivity index (χ3n) is 4.10. The monoisotopic (exact) mass is 437 g/mol. The molecule has 6 nitrogen and oxygen atoms in total. The molecular formula is C22H19N3O3S2. The van der Waals surface area contributed by atoms with Crippen molar-refractivity contribution in [3.05, 3.63) is 87.3 Å². The molecule has 1 amide bonds. The lowest BCUT2D eigenvalue weighted by molar-refractivity contribution is 0.102. The van der Waals surface area contributed by atoms with E-state index in [9.17, 15) is 4.79 Å². The fourth-order valence-electron chi connectivity index (χ4n) is 2.70. The maximum absolute atomic E-state index is 12.7. The van der Waals surface area contributed by atoms with Crippen molar-refractivity contribution in [2.75, 3.05) is 5.32 Å². The van der Waals surface area contributed by atoms with Gasteiger partial charge in [0.2, 0.25) is 0 Å². The Kier molecular flexibility index (Phi) is 6.36. The quantitative estimate of drug-likeness (QED) is 0.404. The van der Waals surface area contributed by atoms with Gasteiger partial charge >= 0.3 is 0 Å². The number of amides is 1. The SMILES string of the molecule is Cc1nc(COc2cc(OCc3ccccc3)cc(C(=O)Nc3nccs3)c2)cs1. The standard InChI is InChI=1S/C22H19N3O3S2/c1-15-24-18(14-30-15)13-28-20-10-17(21(26)25-22-23-7-8-29-22)9-19(11-20)27-12-16-5-3-2-4-6-16/h2-11,14H,12-13H2,1H3,(H,23,25,26). The molecule has 0 atom stereocenters. The highest BCUT2D eigenvalue weighted by molar-refractivity contribution is 7.13. The molecular weight excluding hydrogens is 418 g/mol. The van der Waals surface area contributed by atoms with Gasteiger partial charge in [0.1, 0.15) is 24.7 Å². The first-order valence-corrected chi connectivity index (χ1v) is 11.0. The van der Waals surface area contributed by atoms with Crippen LogP contribution in [-0.4, -0.2) is 15.9 Å². The Morgan fingerprint density at radius 3 is 2.47 bits per heavy atom. The molecule has 2 aromatic carbocycles. The highest BCUT2D eigenvalue weighted by atomic mass is 32.1. The van der Waals surface area contributed by atoms with Gasteiger partial charge in [-0.2, -0.15) is 0 Å². The second-order valence-corrected chi connectivity index (χ2v) is 8.36. The molecule has 0 radical (unpaired) electrons. The van der Waals surface area contributed by atoms with Crippen LogP contribution in [0.1, 0.15) is 26.6 Å². The van der Waals surface area contributed by atoms with E-state index in [4.69, 9.17) is 9.47 Å². The topological polar surface area (TPSA) is 73.3 Å². The number of hydrogen-bond donors (Lipinski definition) is 1. The molecule has 0 aliphatic heterocycles. The number of carbonyl (C=O) groups is 1. The third kappa shape index (κ3) is 5.43. The largest absolute Gasteiger partial charge is 0.489 e. The molecule has 0 aliphatic rings. The van der Waals surface area contributed by atoms with Crippen molar-refractivity contribution in [1.29, 1.82) is 0 Å². The second-order valence-electron chi connectivity index (χ2n) is 6.41. The lowest BCUT2D eigenvalue weighted by Gasteiger charge is -2.12. The van der Waals surface area contributed by atoms with Gasteiger partial charge in [0.05, 0.1) is 10.7 Å². The van der Waals surface area contributed by atoms with Crippen LogP contribution in [-0.2, 0) is 13.2 Å². The van der Waals surface area contributed by atoms with Gasteiger partial charge in [-0.1, -0.05) is 30.3 Å². The minimum Gasteiger partial charge on any atom is -0.489 e. The predicted molar refractivity (Wildman–Crippen MR) is 118 cm³/mol. The summed E-state index contributed by atoms with van der Waals surface area (Å²) in [5, 5.41) is 8.08. The first-order valence-electron chi connectivity index (χ1n) is 9.22. The minimum absolute atomic E-state index is 0.274. The molecule has 2 aromatic heterocycles. The fourth-order valence-corrected chi connectivity index (χ4v) is 3.82. The van der Waals surface area contributed by atoms with Crippen LogP contribution in [0.25, 0.3) is 0 Å². The smallest absolute Gasteiger partial charge is 0.257 e. The average Bonchev–Trinajstić information content (AvgIpc) is 3.43. The van der Waals surface area contributed by atoms with Gasteiger partial charge in [-0.3, -0.25) is 10.1 Å². The van der Waals surface area contributed by atoms with E-state index in [0.717, 1.165) is 16.3 Å². The maximum Gasteiger partial charge on any atom is 0.257 e. The Morgan fingerprint density at radius 2 is 1.80 bits per heavy atom. The number of benzene rings is 2. The summed E-state index contributed by atoms with van der Waals surface area (Å²) in [5.41, 5.74) is 2.32. The first kappa shape index (κ1) is 20.1. The van der Waals surface area contributed by atoms with E-state index in [-0.39, 0.29) is 5.91 Å². The number of aryl methyl sites for hydroxylation is 1. The van der Waals surface area contributed by atoms with Gasteiger partial charge in [0, 0.05) is 28.6 Å². The summed E-state index contributed by atoms with van der Waals surface area (Å²) in [6.45, 7) is 2.66. The zero-order valence-corrected chi connectivity index (χ0v) is 17.8. The minimum atomic E-state index is -0.274. The first-order chi connectivity index (χ1) is 14.7. The highest BCUT2D eigenvalue weighted by Crippen LogP contribution is 2.26. The van der Waals surface area contributed by atoms with E-state index in [1.807, 2.05) is 42.6 Å². The van der Waals surface area contributed by atoms with E-state index >= 15 is 0 Å². The highest BCUT2D eigenvalue weighted by Gasteiger charge is 2.13. The molecule has 0 bridgehead atoms. The third-order valence-corrected chi connectivity index (χ3v) is 5.61. The lowest BCUT2D eigenvalue weighted by atomic mass is 10.2. The number of anilines is 1. The molecule has 1 N–H and O–H groups in total. The van der Waals surface area contributed by atoms with E-state index in [0.29, 0.717) is 35.4 Å². The summed E-state index contributed by atoms with van der Waals surface area (Å²) in [6.07, 6.45) is 1.64. The van der Waals surface area contributed by atoms with Gasteiger partial charge in [-0.05, 0) is 24.6 Å². The Bertz CT molecular complexity index is 1110. The van der Waals surface area contributed by atoms with Gasteiger partial charge in [-0.15, -0.1) is 22.7 Å². The molecule has 8 heteroatoms. The molecule has 0 aliphatic carbocycles. The summed E-state index contributed by atoms with van der Waals surface area (Å²) in [7, 11) is 0. The van der Waals surface area contributed by atoms with Crippen molar-refractivity contribution < 1.29 is 14.3 Å². The zero-order valence-electron chi connectivity index (χ0n) is 16.2. The zero-order chi connectivity index (χ0) is 20.8. The molecule has 2 heterocycles. The molecule has 0 fully saturated rings. The number of aromatic nitrogens is 2. The fraction of sp³-hybridized carbons (Fsp3) is 0.136. The van der Waals surface area contributed by atoms with Crippen molar-refractivity contribution >= 4 is 33.7 Å². The van der Waals surface area contributed by atoms with E-state index in [1.54, 1.807) is 41.1 Å². The van der Waals surface area contributed by atoms with Gasteiger partial charge in [0.25, 0.3) is 5.91 Å². The van der Waals surface area contributed by atoms with Gasteiger partial charge in [-0.25, -0.2) is 9.97 Å². The molecule has 0 spiro atoms. The van der Waals surface area contributed by atoms with Crippen molar-refractivity contribution in [1.82, 2.24) is 9.97 Å². The maximum atomic E-state index is 12.7. The van der Waals surface area contributed by atoms with Crippen LogP contribution < -0.4 is 14.8 Å². The second kappa shape index (κ2) is 9.51. The molecule has 152 valence electrons. The summed E-state index contributed by atoms with van der Waals surface area (Å²) >= 11 is 2.93. The number of nitrogens with one attached hydrogen (secondary N) is 1. The van der Waals surface area contributed by atoms with Crippen molar-refractivity contribution in [3.8, 4) is 11.5 Å². The summed E-state index contributed by atoms with van der Waals surface area (Å²) < 4.78 is 11.8.